The Morgan fingerprint density at radius 2 is 2.00 bits per heavy atom. The summed E-state index contributed by atoms with van der Waals surface area (Å²) in [6.07, 6.45) is 5.29. The van der Waals surface area contributed by atoms with Gasteiger partial charge in [-0.15, -0.1) is 11.6 Å². The van der Waals surface area contributed by atoms with Gasteiger partial charge >= 0.3 is 5.97 Å². The zero-order valence-electron chi connectivity index (χ0n) is 8.82. The van der Waals surface area contributed by atoms with Crippen LogP contribution < -0.4 is 0 Å². The summed E-state index contributed by atoms with van der Waals surface area (Å²) in [5, 5.41) is 9.14. The first-order chi connectivity index (χ1) is 7.69. The molecular formula is C13H13ClO2. The molecule has 0 atom stereocenters. The average Bonchev–Trinajstić information content (AvgIpc) is 3.08. The van der Waals surface area contributed by atoms with Crippen molar-refractivity contribution in [2.24, 2.45) is 0 Å². The summed E-state index contributed by atoms with van der Waals surface area (Å²) in [4.78, 5) is 11.1. The number of carboxylic acids is 1. The largest absolute Gasteiger partial charge is 0.481 e. The molecule has 0 bridgehead atoms. The lowest BCUT2D eigenvalue weighted by atomic mass is 9.95. The van der Waals surface area contributed by atoms with Crippen LogP contribution in [-0.2, 0) is 10.2 Å². The molecule has 16 heavy (non-hydrogen) atoms. The number of carbonyl (C=O) groups is 1. The van der Waals surface area contributed by atoms with E-state index in [1.165, 1.54) is 0 Å². The minimum Gasteiger partial charge on any atom is -0.481 e. The molecule has 0 radical (unpaired) electrons. The highest BCUT2D eigenvalue weighted by Crippen LogP contribution is 2.48. The lowest BCUT2D eigenvalue weighted by Crippen LogP contribution is -2.19. The quantitative estimate of drug-likeness (QED) is 0.816. The second-order valence-corrected chi connectivity index (χ2v) is 4.37. The Morgan fingerprint density at radius 1 is 1.38 bits per heavy atom. The standard InChI is InChI=1S/C13H13ClO2/c14-9-1-2-10-3-5-11(6-4-10)13(7-8-13)12(15)16/h1-6H,7-9H2,(H,15,16). The molecule has 2 nitrogen and oxygen atoms in total. The Kier molecular flexibility index (Phi) is 3.01. The van der Waals surface area contributed by atoms with Gasteiger partial charge in [-0.25, -0.2) is 0 Å². The average molecular weight is 237 g/mol. The van der Waals surface area contributed by atoms with E-state index in [2.05, 4.69) is 0 Å². The first-order valence-electron chi connectivity index (χ1n) is 5.25. The molecule has 0 spiro atoms. The van der Waals surface area contributed by atoms with E-state index in [1.54, 1.807) is 0 Å². The summed E-state index contributed by atoms with van der Waals surface area (Å²) in [6.45, 7) is 0. The molecule has 0 unspecified atom stereocenters. The smallest absolute Gasteiger partial charge is 0.314 e. The predicted octanol–water partition coefficient (Wildman–Crippen LogP) is 3.05. The summed E-state index contributed by atoms with van der Waals surface area (Å²) in [5.74, 6) is -0.225. The van der Waals surface area contributed by atoms with E-state index < -0.39 is 11.4 Å². The van der Waals surface area contributed by atoms with Crippen LogP contribution in [0.25, 0.3) is 6.08 Å². The van der Waals surface area contributed by atoms with E-state index in [0.29, 0.717) is 5.88 Å². The molecule has 1 aromatic carbocycles. The van der Waals surface area contributed by atoms with Gasteiger partial charge in [0.25, 0.3) is 0 Å². The van der Waals surface area contributed by atoms with Crippen LogP contribution in [0.4, 0.5) is 0 Å². The number of carboxylic acid groups (broad SMARTS) is 1. The van der Waals surface area contributed by atoms with Crippen molar-refractivity contribution in [3.63, 3.8) is 0 Å². The second kappa shape index (κ2) is 4.30. The maximum absolute atomic E-state index is 11.1. The summed E-state index contributed by atoms with van der Waals surface area (Å²) in [6, 6.07) is 7.66. The maximum Gasteiger partial charge on any atom is 0.314 e. The van der Waals surface area contributed by atoms with Crippen LogP contribution in [0.5, 0.6) is 0 Å². The maximum atomic E-state index is 11.1. The third kappa shape index (κ3) is 1.98. The van der Waals surface area contributed by atoms with Crippen molar-refractivity contribution in [3.05, 3.63) is 41.5 Å². The van der Waals surface area contributed by atoms with Gasteiger partial charge in [0.05, 0.1) is 5.41 Å². The van der Waals surface area contributed by atoms with Crippen molar-refractivity contribution in [1.82, 2.24) is 0 Å². The highest BCUT2D eigenvalue weighted by atomic mass is 35.5. The molecule has 2 rings (SSSR count). The van der Waals surface area contributed by atoms with E-state index in [9.17, 15) is 4.79 Å². The molecule has 3 heteroatoms. The monoisotopic (exact) mass is 236 g/mol. The molecule has 1 fully saturated rings. The van der Waals surface area contributed by atoms with Crippen LogP contribution in [0.3, 0.4) is 0 Å². The molecule has 0 aromatic heterocycles. The Morgan fingerprint density at radius 3 is 2.44 bits per heavy atom. The van der Waals surface area contributed by atoms with Crippen LogP contribution >= 0.6 is 11.6 Å². The van der Waals surface area contributed by atoms with Gasteiger partial charge < -0.3 is 5.11 Å². The Hall–Kier alpha value is -1.28. The fourth-order valence-corrected chi connectivity index (χ4v) is 1.93. The zero-order valence-corrected chi connectivity index (χ0v) is 9.57. The number of benzene rings is 1. The van der Waals surface area contributed by atoms with Crippen LogP contribution in [0.1, 0.15) is 24.0 Å². The van der Waals surface area contributed by atoms with Gasteiger partial charge in [-0.3, -0.25) is 4.79 Å². The number of rotatable bonds is 4. The molecule has 1 aromatic rings. The Labute approximate surface area is 99.5 Å². The SMILES string of the molecule is O=C(O)C1(c2ccc(C=CCCl)cc2)CC1. The highest BCUT2D eigenvalue weighted by Gasteiger charge is 2.51. The minimum atomic E-state index is -0.712. The minimum absolute atomic E-state index is 0.487. The highest BCUT2D eigenvalue weighted by molar-refractivity contribution is 6.19. The number of alkyl halides is 1. The van der Waals surface area contributed by atoms with Gasteiger partial charge in [0.2, 0.25) is 0 Å². The number of allylic oxidation sites excluding steroid dienone is 1. The Bertz CT molecular complexity index is 416. The van der Waals surface area contributed by atoms with Gasteiger partial charge in [-0.2, -0.15) is 0 Å². The van der Waals surface area contributed by atoms with Gasteiger partial charge in [0.15, 0.2) is 0 Å². The Balaban J connectivity index is 2.20. The number of aliphatic carboxylic acids is 1. The molecule has 84 valence electrons. The van der Waals surface area contributed by atoms with Gasteiger partial charge in [0, 0.05) is 5.88 Å². The van der Waals surface area contributed by atoms with Crippen LogP contribution in [-0.4, -0.2) is 17.0 Å². The first-order valence-corrected chi connectivity index (χ1v) is 5.79. The molecule has 1 saturated carbocycles. The van der Waals surface area contributed by atoms with Crippen LogP contribution in [0, 0.1) is 0 Å². The van der Waals surface area contributed by atoms with E-state index >= 15 is 0 Å². The summed E-state index contributed by atoms with van der Waals surface area (Å²) in [7, 11) is 0. The lowest BCUT2D eigenvalue weighted by molar-refractivity contribution is -0.140. The molecule has 0 saturated heterocycles. The molecule has 0 aliphatic heterocycles. The van der Waals surface area contributed by atoms with E-state index in [4.69, 9.17) is 16.7 Å². The number of hydrogen-bond donors (Lipinski definition) is 1. The van der Waals surface area contributed by atoms with Crippen molar-refractivity contribution in [3.8, 4) is 0 Å². The van der Waals surface area contributed by atoms with E-state index in [-0.39, 0.29) is 0 Å². The molecule has 1 aliphatic carbocycles. The van der Waals surface area contributed by atoms with Crippen molar-refractivity contribution >= 4 is 23.6 Å². The van der Waals surface area contributed by atoms with Crippen LogP contribution in [0.2, 0.25) is 0 Å². The third-order valence-corrected chi connectivity index (χ3v) is 3.20. The van der Waals surface area contributed by atoms with Gasteiger partial charge in [-0.1, -0.05) is 36.4 Å². The van der Waals surface area contributed by atoms with Crippen LogP contribution in [0.15, 0.2) is 30.3 Å². The van der Waals surface area contributed by atoms with Crippen molar-refractivity contribution < 1.29 is 9.90 Å². The molecule has 0 heterocycles. The summed E-state index contributed by atoms with van der Waals surface area (Å²) < 4.78 is 0. The normalized spacial score (nSPS) is 17.6. The van der Waals surface area contributed by atoms with Crippen molar-refractivity contribution in [2.45, 2.75) is 18.3 Å². The predicted molar refractivity (Wildman–Crippen MR) is 64.7 cm³/mol. The fraction of sp³-hybridized carbons (Fsp3) is 0.308. The molecule has 0 amide bonds. The molecule has 1 aliphatic rings. The van der Waals surface area contributed by atoms with E-state index in [0.717, 1.165) is 24.0 Å². The number of hydrogen-bond acceptors (Lipinski definition) is 1. The number of halogens is 1. The fourth-order valence-electron chi connectivity index (χ4n) is 1.84. The third-order valence-electron chi connectivity index (χ3n) is 3.02. The summed E-state index contributed by atoms with van der Waals surface area (Å²) in [5.41, 5.74) is 1.35. The zero-order chi connectivity index (χ0) is 11.6. The van der Waals surface area contributed by atoms with Gasteiger partial charge in [0.1, 0.15) is 0 Å². The lowest BCUT2D eigenvalue weighted by Gasteiger charge is -2.09. The first kappa shape index (κ1) is 11.2. The molecular weight excluding hydrogens is 224 g/mol. The van der Waals surface area contributed by atoms with Crippen molar-refractivity contribution in [1.29, 1.82) is 0 Å². The second-order valence-electron chi connectivity index (χ2n) is 4.07. The van der Waals surface area contributed by atoms with Gasteiger partial charge in [-0.05, 0) is 24.0 Å². The summed E-state index contributed by atoms with van der Waals surface area (Å²) >= 11 is 5.54. The topological polar surface area (TPSA) is 37.3 Å². The van der Waals surface area contributed by atoms with Crippen molar-refractivity contribution in [2.75, 3.05) is 5.88 Å². The van der Waals surface area contributed by atoms with E-state index in [1.807, 2.05) is 36.4 Å². The molecule has 1 N–H and O–H groups in total.